The third-order valence-electron chi connectivity index (χ3n) is 5.24. The number of aromatic nitrogens is 2. The molecule has 0 bridgehead atoms. The van der Waals surface area contributed by atoms with Gasteiger partial charge in [-0.2, -0.15) is 0 Å². The van der Waals surface area contributed by atoms with E-state index >= 15 is 0 Å². The van der Waals surface area contributed by atoms with Crippen LogP contribution in [0.3, 0.4) is 0 Å². The van der Waals surface area contributed by atoms with Crippen molar-refractivity contribution >= 4 is 28.2 Å². The molecule has 5 rings (SSSR count). The number of hydrogen-bond donors (Lipinski definition) is 0. The molecule has 4 heterocycles. The van der Waals surface area contributed by atoms with Gasteiger partial charge >= 0.3 is 0 Å². The molecule has 1 fully saturated rings. The van der Waals surface area contributed by atoms with Gasteiger partial charge in [-0.25, -0.2) is 4.98 Å². The number of ether oxygens (including phenoxy) is 1. The van der Waals surface area contributed by atoms with E-state index in [1.807, 2.05) is 41.8 Å². The maximum absolute atomic E-state index is 6.29. The Bertz CT molecular complexity index is 883. The van der Waals surface area contributed by atoms with Crippen LogP contribution in [0.2, 0.25) is 0 Å². The standard InChI is InChI=1S/C19H19N3OS/c1-2-4-16-15(3-1)20-13-17(21-16)22-9-7-19(8-10-22)18-14(5-11-23-19)6-12-24-18/h1-4,6,12-13H,5,7-11H2. The van der Waals surface area contributed by atoms with E-state index in [9.17, 15) is 0 Å². The Labute approximate surface area is 145 Å². The summed E-state index contributed by atoms with van der Waals surface area (Å²) in [4.78, 5) is 13.1. The predicted octanol–water partition coefficient (Wildman–Crippen LogP) is 3.76. The van der Waals surface area contributed by atoms with Crippen molar-refractivity contribution in [3.05, 3.63) is 52.3 Å². The molecule has 0 unspecified atom stereocenters. The zero-order valence-corrected chi connectivity index (χ0v) is 14.3. The monoisotopic (exact) mass is 337 g/mol. The minimum atomic E-state index is -0.0669. The third-order valence-corrected chi connectivity index (χ3v) is 6.38. The number of fused-ring (bicyclic) bond motifs is 3. The molecule has 3 aromatic rings. The molecule has 2 aromatic heterocycles. The van der Waals surface area contributed by atoms with E-state index in [0.717, 1.165) is 55.8 Å². The van der Waals surface area contributed by atoms with Crippen LogP contribution in [-0.4, -0.2) is 29.7 Å². The van der Waals surface area contributed by atoms with Crippen molar-refractivity contribution in [2.45, 2.75) is 24.9 Å². The number of hydrogen-bond acceptors (Lipinski definition) is 5. The van der Waals surface area contributed by atoms with Gasteiger partial charge in [-0.15, -0.1) is 11.3 Å². The lowest BCUT2D eigenvalue weighted by Crippen LogP contribution is -2.46. The van der Waals surface area contributed by atoms with Crippen LogP contribution < -0.4 is 4.90 Å². The van der Waals surface area contributed by atoms with Gasteiger partial charge in [0.25, 0.3) is 0 Å². The molecule has 2 aliphatic heterocycles. The molecule has 0 atom stereocenters. The maximum Gasteiger partial charge on any atom is 0.147 e. The van der Waals surface area contributed by atoms with Crippen molar-refractivity contribution < 1.29 is 4.74 Å². The Morgan fingerprint density at radius 3 is 2.79 bits per heavy atom. The van der Waals surface area contributed by atoms with Crippen LogP contribution in [0, 0.1) is 0 Å². The van der Waals surface area contributed by atoms with Crippen molar-refractivity contribution in [1.82, 2.24) is 9.97 Å². The molecule has 0 aliphatic carbocycles. The van der Waals surface area contributed by atoms with Crippen molar-refractivity contribution in [3.63, 3.8) is 0 Å². The first-order valence-electron chi connectivity index (χ1n) is 8.52. The van der Waals surface area contributed by atoms with Crippen molar-refractivity contribution in [2.24, 2.45) is 0 Å². The number of para-hydroxylation sites is 2. The van der Waals surface area contributed by atoms with E-state index in [-0.39, 0.29) is 5.60 Å². The summed E-state index contributed by atoms with van der Waals surface area (Å²) in [7, 11) is 0. The van der Waals surface area contributed by atoms with Gasteiger partial charge in [0.05, 0.1) is 23.8 Å². The maximum atomic E-state index is 6.29. The van der Waals surface area contributed by atoms with Crippen LogP contribution in [0.1, 0.15) is 23.3 Å². The second-order valence-electron chi connectivity index (χ2n) is 6.57. The zero-order valence-electron chi connectivity index (χ0n) is 13.4. The highest BCUT2D eigenvalue weighted by Crippen LogP contribution is 2.44. The van der Waals surface area contributed by atoms with Gasteiger partial charge in [-0.3, -0.25) is 4.98 Å². The summed E-state index contributed by atoms with van der Waals surface area (Å²) in [5, 5.41) is 2.21. The topological polar surface area (TPSA) is 38.2 Å². The first-order valence-corrected chi connectivity index (χ1v) is 9.40. The molecule has 0 amide bonds. The van der Waals surface area contributed by atoms with E-state index in [2.05, 4.69) is 21.3 Å². The summed E-state index contributed by atoms with van der Waals surface area (Å²) in [6.07, 6.45) is 5.00. The molecule has 0 radical (unpaired) electrons. The highest BCUT2D eigenvalue weighted by molar-refractivity contribution is 7.10. The Kier molecular flexibility index (Phi) is 3.31. The number of thiophene rings is 1. The van der Waals surface area contributed by atoms with Crippen LogP contribution in [-0.2, 0) is 16.8 Å². The quantitative estimate of drug-likeness (QED) is 0.678. The number of anilines is 1. The largest absolute Gasteiger partial charge is 0.369 e. The lowest BCUT2D eigenvalue weighted by Gasteiger charge is -2.44. The second-order valence-corrected chi connectivity index (χ2v) is 7.49. The van der Waals surface area contributed by atoms with Crippen molar-refractivity contribution in [3.8, 4) is 0 Å². The molecular weight excluding hydrogens is 318 g/mol. The second kappa shape index (κ2) is 5.53. The average Bonchev–Trinajstić information content (AvgIpc) is 3.13. The summed E-state index contributed by atoms with van der Waals surface area (Å²) in [6.45, 7) is 2.77. The molecular formula is C19H19N3OS. The normalized spacial score (nSPS) is 19.6. The van der Waals surface area contributed by atoms with Gasteiger partial charge in [0.1, 0.15) is 11.4 Å². The average molecular weight is 337 g/mol. The lowest BCUT2D eigenvalue weighted by atomic mass is 9.85. The van der Waals surface area contributed by atoms with Gasteiger partial charge in [0.2, 0.25) is 0 Å². The van der Waals surface area contributed by atoms with E-state index in [1.54, 1.807) is 0 Å². The predicted molar refractivity (Wildman–Crippen MR) is 96.6 cm³/mol. The molecule has 0 N–H and O–H groups in total. The van der Waals surface area contributed by atoms with Crippen molar-refractivity contribution in [1.29, 1.82) is 0 Å². The minimum absolute atomic E-state index is 0.0669. The fourth-order valence-electron chi connectivity index (χ4n) is 3.92. The highest BCUT2D eigenvalue weighted by Gasteiger charge is 2.42. The number of benzene rings is 1. The van der Waals surface area contributed by atoms with E-state index in [4.69, 9.17) is 9.72 Å². The molecule has 24 heavy (non-hydrogen) atoms. The number of piperidine rings is 1. The molecule has 1 saturated heterocycles. The van der Waals surface area contributed by atoms with E-state index in [1.165, 1.54) is 10.4 Å². The summed E-state index contributed by atoms with van der Waals surface area (Å²) in [5.41, 5.74) is 3.34. The SMILES string of the molecule is c1ccc2nc(N3CCC4(CC3)OCCc3ccsc34)cnc2c1. The molecule has 0 saturated carbocycles. The molecule has 5 heteroatoms. The number of rotatable bonds is 1. The first kappa shape index (κ1) is 14.4. The summed E-state index contributed by atoms with van der Waals surface area (Å²) >= 11 is 1.86. The van der Waals surface area contributed by atoms with Gasteiger partial charge in [-0.1, -0.05) is 12.1 Å². The van der Waals surface area contributed by atoms with Crippen LogP contribution in [0.4, 0.5) is 5.82 Å². The minimum Gasteiger partial charge on any atom is -0.369 e. The molecule has 1 spiro atoms. The lowest BCUT2D eigenvalue weighted by molar-refractivity contribution is -0.0735. The summed E-state index contributed by atoms with van der Waals surface area (Å²) in [6, 6.07) is 10.3. The van der Waals surface area contributed by atoms with Gasteiger partial charge < -0.3 is 9.64 Å². The van der Waals surface area contributed by atoms with Crippen LogP contribution in [0.25, 0.3) is 11.0 Å². The Balaban J connectivity index is 1.40. The van der Waals surface area contributed by atoms with Crippen molar-refractivity contribution in [2.75, 3.05) is 24.6 Å². The third kappa shape index (κ3) is 2.23. The van der Waals surface area contributed by atoms with E-state index in [0.29, 0.717) is 0 Å². The fraction of sp³-hybridized carbons (Fsp3) is 0.368. The van der Waals surface area contributed by atoms with Crippen LogP contribution in [0.5, 0.6) is 0 Å². The zero-order chi connectivity index (χ0) is 16.0. The summed E-state index contributed by atoms with van der Waals surface area (Å²) in [5.74, 6) is 0.978. The van der Waals surface area contributed by atoms with Gasteiger partial charge in [-0.05, 0) is 48.4 Å². The Morgan fingerprint density at radius 1 is 1.08 bits per heavy atom. The fourth-order valence-corrected chi connectivity index (χ4v) is 5.09. The first-order chi connectivity index (χ1) is 11.8. The highest BCUT2D eigenvalue weighted by atomic mass is 32.1. The Hall–Kier alpha value is -1.98. The Morgan fingerprint density at radius 2 is 1.92 bits per heavy atom. The van der Waals surface area contributed by atoms with Gasteiger partial charge in [0.15, 0.2) is 0 Å². The molecule has 1 aromatic carbocycles. The molecule has 122 valence electrons. The van der Waals surface area contributed by atoms with Crippen LogP contribution >= 0.6 is 11.3 Å². The smallest absolute Gasteiger partial charge is 0.147 e. The van der Waals surface area contributed by atoms with Gasteiger partial charge in [0, 0.05) is 18.0 Å². The van der Waals surface area contributed by atoms with E-state index < -0.39 is 0 Å². The molecule has 4 nitrogen and oxygen atoms in total. The number of nitrogens with zero attached hydrogens (tertiary/aromatic N) is 3. The van der Waals surface area contributed by atoms with Crippen LogP contribution in [0.15, 0.2) is 41.9 Å². The summed E-state index contributed by atoms with van der Waals surface area (Å²) < 4.78 is 6.29. The molecule has 2 aliphatic rings.